The smallest absolute Gasteiger partial charge is 0.394 e. The highest BCUT2D eigenvalue weighted by Crippen LogP contribution is 2.25. The number of rotatable bonds is 4. The molecule has 0 heterocycles. The summed E-state index contributed by atoms with van der Waals surface area (Å²) < 4.78 is 35.5. The Morgan fingerprint density at radius 1 is 1.54 bits per heavy atom. The van der Waals surface area contributed by atoms with Gasteiger partial charge in [0.15, 0.2) is 0 Å². The number of alkyl halides is 3. The predicted octanol–water partition coefficient (Wildman–Crippen LogP) is 0.203. The monoisotopic (exact) mass is 218 g/mol. The van der Waals surface area contributed by atoms with Crippen LogP contribution >= 0.6 is 11.8 Å². The first kappa shape index (κ1) is 12.7. The molecule has 0 aromatic heterocycles. The number of carbonyl (C=O) groups is 1. The van der Waals surface area contributed by atoms with Gasteiger partial charge in [0.1, 0.15) is 5.25 Å². The largest absolute Gasteiger partial charge is 0.451 e. The number of aliphatic hydroxyl groups excluding tert-OH is 2. The number of ketones is 1. The third-order valence-electron chi connectivity index (χ3n) is 1.33. The first-order valence-electron chi connectivity index (χ1n) is 3.27. The Morgan fingerprint density at radius 2 is 2.00 bits per heavy atom. The average molecular weight is 218 g/mol. The van der Waals surface area contributed by atoms with E-state index in [1.165, 1.54) is 6.26 Å². The predicted molar refractivity (Wildman–Crippen MR) is 41.5 cm³/mol. The fourth-order valence-electron chi connectivity index (χ4n) is 0.696. The molecule has 0 spiro atoms. The van der Waals surface area contributed by atoms with Crippen LogP contribution in [-0.4, -0.2) is 46.4 Å². The van der Waals surface area contributed by atoms with Crippen LogP contribution in [0.25, 0.3) is 0 Å². The van der Waals surface area contributed by atoms with Crippen molar-refractivity contribution in [3.63, 3.8) is 0 Å². The van der Waals surface area contributed by atoms with Gasteiger partial charge < -0.3 is 10.2 Å². The van der Waals surface area contributed by atoms with Crippen LogP contribution in [0.2, 0.25) is 0 Å². The molecule has 0 radical (unpaired) electrons. The van der Waals surface area contributed by atoms with E-state index in [0.29, 0.717) is 11.8 Å². The zero-order valence-electron chi connectivity index (χ0n) is 6.71. The number of hydrogen-bond acceptors (Lipinski definition) is 4. The van der Waals surface area contributed by atoms with Gasteiger partial charge in [-0.15, -0.1) is 0 Å². The molecule has 0 aliphatic carbocycles. The van der Waals surface area contributed by atoms with Gasteiger partial charge in [0.05, 0.1) is 12.7 Å². The van der Waals surface area contributed by atoms with Crippen LogP contribution in [-0.2, 0) is 4.79 Å². The van der Waals surface area contributed by atoms with E-state index in [4.69, 9.17) is 10.2 Å². The fourth-order valence-corrected chi connectivity index (χ4v) is 1.44. The standard InChI is InChI=1S/C6H9F3O3S/c1-13-4(3(11)2-10)5(12)6(7,8)9/h3-4,10-11H,2H2,1H3. The van der Waals surface area contributed by atoms with Gasteiger partial charge in [-0.1, -0.05) is 0 Å². The van der Waals surface area contributed by atoms with Crippen LogP contribution in [0.5, 0.6) is 0 Å². The molecule has 2 unspecified atom stereocenters. The maximum absolute atomic E-state index is 11.8. The fraction of sp³-hybridized carbons (Fsp3) is 0.833. The lowest BCUT2D eigenvalue weighted by Gasteiger charge is -2.18. The Morgan fingerprint density at radius 3 is 2.23 bits per heavy atom. The van der Waals surface area contributed by atoms with Gasteiger partial charge in [-0.2, -0.15) is 24.9 Å². The van der Waals surface area contributed by atoms with Crippen LogP contribution in [0.1, 0.15) is 0 Å². The third kappa shape index (κ3) is 3.53. The van der Waals surface area contributed by atoms with Crippen molar-refractivity contribution in [3.8, 4) is 0 Å². The molecule has 0 aliphatic rings. The molecule has 7 heteroatoms. The van der Waals surface area contributed by atoms with Crippen molar-refractivity contribution in [2.45, 2.75) is 17.5 Å². The van der Waals surface area contributed by atoms with Crippen molar-refractivity contribution in [2.75, 3.05) is 12.9 Å². The Labute approximate surface area is 76.9 Å². The summed E-state index contributed by atoms with van der Waals surface area (Å²) in [5, 5.41) is 15.6. The number of halogens is 3. The number of hydrogen-bond donors (Lipinski definition) is 2. The van der Waals surface area contributed by atoms with Crippen LogP contribution in [0.3, 0.4) is 0 Å². The molecule has 0 fully saturated rings. The van der Waals surface area contributed by atoms with Gasteiger partial charge in [0, 0.05) is 0 Å². The van der Waals surface area contributed by atoms with Gasteiger partial charge in [0.2, 0.25) is 0 Å². The molecular formula is C6H9F3O3S. The van der Waals surface area contributed by atoms with Crippen molar-refractivity contribution in [3.05, 3.63) is 0 Å². The molecular weight excluding hydrogens is 209 g/mol. The average Bonchev–Trinajstić information content (AvgIpc) is 2.03. The SMILES string of the molecule is CSC(C(=O)C(F)(F)F)C(O)CO. The lowest BCUT2D eigenvalue weighted by Crippen LogP contribution is -2.41. The van der Waals surface area contributed by atoms with Gasteiger partial charge in [0.25, 0.3) is 5.78 Å². The van der Waals surface area contributed by atoms with Crippen molar-refractivity contribution in [1.82, 2.24) is 0 Å². The van der Waals surface area contributed by atoms with E-state index in [2.05, 4.69) is 0 Å². The summed E-state index contributed by atoms with van der Waals surface area (Å²) in [6, 6.07) is 0. The molecule has 0 amide bonds. The van der Waals surface area contributed by atoms with Crippen molar-refractivity contribution >= 4 is 17.5 Å². The molecule has 0 rings (SSSR count). The summed E-state index contributed by atoms with van der Waals surface area (Å²) in [7, 11) is 0. The molecule has 0 aromatic rings. The zero-order chi connectivity index (χ0) is 10.6. The molecule has 0 aliphatic heterocycles. The van der Waals surface area contributed by atoms with E-state index in [0.717, 1.165) is 0 Å². The van der Waals surface area contributed by atoms with Crippen LogP contribution < -0.4 is 0 Å². The number of carbonyl (C=O) groups excluding carboxylic acids is 1. The molecule has 0 saturated carbocycles. The second kappa shape index (κ2) is 4.83. The Kier molecular flexibility index (Phi) is 4.72. The second-order valence-electron chi connectivity index (χ2n) is 2.27. The Balaban J connectivity index is 4.50. The van der Waals surface area contributed by atoms with Crippen LogP contribution in [0, 0.1) is 0 Å². The summed E-state index contributed by atoms with van der Waals surface area (Å²) >= 11 is 0.558. The summed E-state index contributed by atoms with van der Waals surface area (Å²) in [6.07, 6.45) is -5.39. The second-order valence-corrected chi connectivity index (χ2v) is 3.25. The minimum absolute atomic E-state index is 0.558. The highest BCUT2D eigenvalue weighted by Gasteiger charge is 2.45. The number of aliphatic hydroxyl groups is 2. The zero-order valence-corrected chi connectivity index (χ0v) is 7.52. The van der Waals surface area contributed by atoms with Crippen LogP contribution in [0.4, 0.5) is 13.2 Å². The molecule has 2 N–H and O–H groups in total. The highest BCUT2D eigenvalue weighted by molar-refractivity contribution is 8.00. The van der Waals surface area contributed by atoms with E-state index in [9.17, 15) is 18.0 Å². The van der Waals surface area contributed by atoms with Crippen molar-refractivity contribution in [2.24, 2.45) is 0 Å². The number of Topliss-reactive ketones (excluding diaryl/α,β-unsaturated/α-hetero) is 1. The highest BCUT2D eigenvalue weighted by atomic mass is 32.2. The summed E-state index contributed by atoms with van der Waals surface area (Å²) in [4.78, 5) is 10.6. The van der Waals surface area contributed by atoms with E-state index < -0.39 is 29.9 Å². The van der Waals surface area contributed by atoms with E-state index in [1.807, 2.05) is 0 Å². The van der Waals surface area contributed by atoms with Crippen molar-refractivity contribution in [1.29, 1.82) is 0 Å². The first-order chi connectivity index (χ1) is 5.84. The lowest BCUT2D eigenvalue weighted by atomic mass is 10.2. The molecule has 0 bridgehead atoms. The Bertz CT molecular complexity index is 182. The third-order valence-corrected chi connectivity index (χ3v) is 2.36. The molecule has 13 heavy (non-hydrogen) atoms. The summed E-state index contributed by atoms with van der Waals surface area (Å²) in [6.45, 7) is -0.868. The molecule has 0 aromatic carbocycles. The van der Waals surface area contributed by atoms with Crippen molar-refractivity contribution < 1.29 is 28.2 Å². The summed E-state index contributed by atoms with van der Waals surface area (Å²) in [5.74, 6) is -2.03. The van der Waals surface area contributed by atoms with Gasteiger partial charge in [-0.3, -0.25) is 4.79 Å². The Hall–Kier alpha value is -0.270. The minimum atomic E-state index is -4.97. The maximum Gasteiger partial charge on any atom is 0.451 e. The topological polar surface area (TPSA) is 57.5 Å². The van der Waals surface area contributed by atoms with E-state index >= 15 is 0 Å². The normalized spacial score (nSPS) is 16.8. The lowest BCUT2D eigenvalue weighted by molar-refractivity contribution is -0.172. The van der Waals surface area contributed by atoms with Gasteiger partial charge in [-0.05, 0) is 6.26 Å². The van der Waals surface area contributed by atoms with Gasteiger partial charge >= 0.3 is 6.18 Å². The van der Waals surface area contributed by atoms with E-state index in [-0.39, 0.29) is 0 Å². The van der Waals surface area contributed by atoms with E-state index in [1.54, 1.807) is 0 Å². The molecule has 78 valence electrons. The molecule has 2 atom stereocenters. The molecule has 3 nitrogen and oxygen atoms in total. The first-order valence-corrected chi connectivity index (χ1v) is 4.56. The van der Waals surface area contributed by atoms with Crippen LogP contribution in [0.15, 0.2) is 0 Å². The number of thioether (sulfide) groups is 1. The summed E-state index contributed by atoms with van der Waals surface area (Å²) in [5.41, 5.74) is 0. The maximum atomic E-state index is 11.8. The molecule has 0 saturated heterocycles. The van der Waals surface area contributed by atoms with Gasteiger partial charge in [-0.25, -0.2) is 0 Å². The quantitative estimate of drug-likeness (QED) is 0.708. The minimum Gasteiger partial charge on any atom is -0.394 e.